The Balaban J connectivity index is 1.56. The quantitative estimate of drug-likeness (QED) is 0.580. The van der Waals surface area contributed by atoms with E-state index in [2.05, 4.69) is 15.5 Å². The Hall–Kier alpha value is -3.00. The molecular weight excluding hydrogens is 378 g/mol. The summed E-state index contributed by atoms with van der Waals surface area (Å²) in [5.41, 5.74) is 1.87. The van der Waals surface area contributed by atoms with Crippen LogP contribution in [0.3, 0.4) is 0 Å². The maximum atomic E-state index is 12.0. The molecule has 1 aromatic heterocycles. The molecule has 0 atom stereocenters. The van der Waals surface area contributed by atoms with Crippen LogP contribution >= 0.6 is 11.8 Å². The molecule has 146 valence electrons. The summed E-state index contributed by atoms with van der Waals surface area (Å²) < 4.78 is 15.8. The lowest BCUT2D eigenvalue weighted by molar-refractivity contribution is -0.118. The van der Waals surface area contributed by atoms with E-state index in [4.69, 9.17) is 14.0 Å². The van der Waals surface area contributed by atoms with E-state index in [1.807, 2.05) is 31.2 Å². The second-order valence-electron chi connectivity index (χ2n) is 5.96. The molecule has 0 radical (unpaired) electrons. The molecule has 0 bridgehead atoms. The number of methoxy groups -OCH3 is 2. The van der Waals surface area contributed by atoms with Gasteiger partial charge in [0.1, 0.15) is 11.5 Å². The minimum atomic E-state index is -0.104. The molecule has 1 N–H and O–H groups in total. The Morgan fingerprint density at radius 1 is 1.14 bits per heavy atom. The first-order valence-corrected chi connectivity index (χ1v) is 9.58. The third kappa shape index (κ3) is 5.04. The molecule has 0 aliphatic heterocycles. The largest absolute Gasteiger partial charge is 0.497 e. The Morgan fingerprint density at radius 2 is 1.93 bits per heavy atom. The number of nitrogens with one attached hydrogen (secondary N) is 1. The lowest BCUT2D eigenvalue weighted by atomic mass is 10.2. The van der Waals surface area contributed by atoms with Crippen molar-refractivity contribution in [1.29, 1.82) is 0 Å². The monoisotopic (exact) mass is 399 g/mol. The highest BCUT2D eigenvalue weighted by atomic mass is 32.2. The zero-order valence-electron chi connectivity index (χ0n) is 15.9. The molecule has 3 rings (SSSR count). The van der Waals surface area contributed by atoms with Crippen LogP contribution in [-0.4, -0.2) is 36.0 Å². The van der Waals surface area contributed by atoms with Gasteiger partial charge in [-0.15, -0.1) is 11.8 Å². The first-order chi connectivity index (χ1) is 13.6. The van der Waals surface area contributed by atoms with Crippen LogP contribution in [-0.2, 0) is 11.3 Å². The van der Waals surface area contributed by atoms with Crippen molar-refractivity contribution in [3.8, 4) is 22.9 Å². The molecule has 0 saturated heterocycles. The zero-order chi connectivity index (χ0) is 19.9. The number of ether oxygens (including phenoxy) is 2. The Labute approximate surface area is 167 Å². The van der Waals surface area contributed by atoms with Crippen molar-refractivity contribution >= 4 is 17.7 Å². The van der Waals surface area contributed by atoms with Crippen LogP contribution in [0.2, 0.25) is 0 Å². The van der Waals surface area contributed by atoms with Gasteiger partial charge in [0.15, 0.2) is 0 Å². The van der Waals surface area contributed by atoms with E-state index in [1.54, 1.807) is 32.4 Å². The lowest BCUT2D eigenvalue weighted by Crippen LogP contribution is -2.24. The number of thioether (sulfide) groups is 1. The zero-order valence-corrected chi connectivity index (χ0v) is 16.7. The third-order valence-corrected chi connectivity index (χ3v) is 4.96. The van der Waals surface area contributed by atoms with Crippen molar-refractivity contribution in [2.45, 2.75) is 18.4 Å². The summed E-state index contributed by atoms with van der Waals surface area (Å²) >= 11 is 1.48. The molecule has 1 amide bonds. The van der Waals surface area contributed by atoms with E-state index in [0.29, 0.717) is 34.5 Å². The predicted octanol–water partition coefficient (Wildman–Crippen LogP) is 3.47. The van der Waals surface area contributed by atoms with E-state index in [9.17, 15) is 4.79 Å². The van der Waals surface area contributed by atoms with Crippen molar-refractivity contribution in [3.05, 3.63) is 53.9 Å². The summed E-state index contributed by atoms with van der Waals surface area (Å²) in [4.78, 5) is 17.4. The van der Waals surface area contributed by atoms with Gasteiger partial charge in [-0.3, -0.25) is 4.79 Å². The van der Waals surface area contributed by atoms with Gasteiger partial charge in [0.25, 0.3) is 0 Å². The fourth-order valence-corrected chi connectivity index (χ4v) is 3.16. The number of aryl methyl sites for hydroxylation is 1. The third-order valence-electron chi connectivity index (χ3n) is 3.95. The van der Waals surface area contributed by atoms with E-state index in [-0.39, 0.29) is 12.5 Å². The van der Waals surface area contributed by atoms with Gasteiger partial charge in [-0.2, -0.15) is 4.98 Å². The fourth-order valence-electron chi connectivity index (χ4n) is 2.43. The van der Waals surface area contributed by atoms with Gasteiger partial charge in [0.2, 0.25) is 17.6 Å². The molecule has 1 heterocycles. The first-order valence-electron chi connectivity index (χ1n) is 8.60. The second-order valence-corrected chi connectivity index (χ2v) is 7.01. The predicted molar refractivity (Wildman–Crippen MR) is 107 cm³/mol. The number of benzene rings is 2. The van der Waals surface area contributed by atoms with Crippen LogP contribution in [0.1, 0.15) is 11.5 Å². The van der Waals surface area contributed by atoms with Crippen molar-refractivity contribution in [2.24, 2.45) is 0 Å². The number of aromatic nitrogens is 2. The summed E-state index contributed by atoms with van der Waals surface area (Å²) in [6, 6.07) is 13.4. The van der Waals surface area contributed by atoms with Crippen molar-refractivity contribution < 1.29 is 18.8 Å². The summed E-state index contributed by atoms with van der Waals surface area (Å²) in [5, 5.41) is 6.75. The summed E-state index contributed by atoms with van der Waals surface area (Å²) in [5.74, 6) is 2.16. The molecule has 2 aromatic carbocycles. The molecule has 28 heavy (non-hydrogen) atoms. The Morgan fingerprint density at radius 3 is 2.64 bits per heavy atom. The Kier molecular flexibility index (Phi) is 6.54. The Bertz CT molecular complexity index is 941. The molecule has 0 aliphatic rings. The van der Waals surface area contributed by atoms with E-state index >= 15 is 0 Å². The molecular formula is C20H21N3O4S. The molecule has 0 aliphatic carbocycles. The van der Waals surface area contributed by atoms with Gasteiger partial charge in [0.05, 0.1) is 32.1 Å². The number of hydrogen-bond acceptors (Lipinski definition) is 7. The van der Waals surface area contributed by atoms with Crippen LogP contribution in [0.15, 0.2) is 51.9 Å². The van der Waals surface area contributed by atoms with Crippen LogP contribution in [0.4, 0.5) is 0 Å². The van der Waals surface area contributed by atoms with Crippen LogP contribution in [0.5, 0.6) is 11.5 Å². The minimum Gasteiger partial charge on any atom is -0.497 e. The topological polar surface area (TPSA) is 86.5 Å². The van der Waals surface area contributed by atoms with Crippen molar-refractivity contribution in [2.75, 3.05) is 20.0 Å². The summed E-state index contributed by atoms with van der Waals surface area (Å²) in [7, 11) is 3.14. The molecule has 0 fully saturated rings. The molecule has 7 nitrogen and oxygen atoms in total. The standard InChI is InChI=1S/C20H21N3O4S/c1-13-4-7-15(8-5-13)28-12-18(24)21-11-19-22-20(23-27-19)16-9-6-14(25-2)10-17(16)26-3/h4-10H,11-12H2,1-3H3,(H,21,24). The second kappa shape index (κ2) is 9.27. The smallest absolute Gasteiger partial charge is 0.246 e. The molecule has 0 unspecified atom stereocenters. The van der Waals surface area contributed by atoms with Gasteiger partial charge in [-0.25, -0.2) is 0 Å². The van der Waals surface area contributed by atoms with Crippen LogP contribution in [0.25, 0.3) is 11.4 Å². The van der Waals surface area contributed by atoms with Crippen LogP contribution < -0.4 is 14.8 Å². The molecule has 8 heteroatoms. The highest BCUT2D eigenvalue weighted by Crippen LogP contribution is 2.31. The summed E-state index contributed by atoms with van der Waals surface area (Å²) in [6.45, 7) is 2.19. The number of hydrogen-bond donors (Lipinski definition) is 1. The van der Waals surface area contributed by atoms with Crippen molar-refractivity contribution in [1.82, 2.24) is 15.5 Å². The fraction of sp³-hybridized carbons (Fsp3) is 0.250. The number of rotatable bonds is 8. The van der Waals surface area contributed by atoms with Gasteiger partial charge in [0, 0.05) is 11.0 Å². The number of carbonyl (C=O) groups is 1. The highest BCUT2D eigenvalue weighted by molar-refractivity contribution is 8.00. The summed E-state index contributed by atoms with van der Waals surface area (Å²) in [6.07, 6.45) is 0. The van der Waals surface area contributed by atoms with E-state index < -0.39 is 0 Å². The lowest BCUT2D eigenvalue weighted by Gasteiger charge is -2.07. The average Bonchev–Trinajstić information content (AvgIpc) is 3.20. The van der Waals surface area contributed by atoms with Gasteiger partial charge in [-0.05, 0) is 31.2 Å². The average molecular weight is 399 g/mol. The number of nitrogens with zero attached hydrogens (tertiary/aromatic N) is 2. The van der Waals surface area contributed by atoms with Gasteiger partial charge >= 0.3 is 0 Å². The first kappa shape index (κ1) is 19.8. The van der Waals surface area contributed by atoms with Crippen LogP contribution in [0, 0.1) is 6.92 Å². The maximum Gasteiger partial charge on any atom is 0.246 e. The molecule has 0 saturated carbocycles. The van der Waals surface area contributed by atoms with E-state index in [1.165, 1.54) is 17.3 Å². The highest BCUT2D eigenvalue weighted by Gasteiger charge is 2.15. The SMILES string of the molecule is COc1ccc(-c2noc(CNC(=O)CSc3ccc(C)cc3)n2)c(OC)c1. The minimum absolute atomic E-state index is 0.104. The maximum absolute atomic E-state index is 12.0. The number of amides is 1. The molecule has 3 aromatic rings. The van der Waals surface area contributed by atoms with E-state index in [0.717, 1.165) is 4.90 Å². The normalized spacial score (nSPS) is 10.5. The number of carbonyl (C=O) groups excluding carboxylic acids is 1. The van der Waals surface area contributed by atoms with Crippen molar-refractivity contribution in [3.63, 3.8) is 0 Å². The van der Waals surface area contributed by atoms with Gasteiger partial charge < -0.3 is 19.3 Å². The molecule has 0 spiro atoms. The van der Waals surface area contributed by atoms with Gasteiger partial charge in [-0.1, -0.05) is 22.9 Å².